The maximum absolute atomic E-state index is 12.8. The molecule has 1 aliphatic heterocycles. The maximum atomic E-state index is 12.8. The molecule has 4 aromatic carbocycles. The Morgan fingerprint density at radius 1 is 0.857 bits per heavy atom. The summed E-state index contributed by atoms with van der Waals surface area (Å²) in [7, 11) is 4.40. The van der Waals surface area contributed by atoms with Gasteiger partial charge in [-0.2, -0.15) is 0 Å². The number of carbonyl (C=O) groups is 2. The molecule has 8 heteroatoms. The lowest BCUT2D eigenvalue weighted by Crippen LogP contribution is -2.48. The smallest absolute Gasteiger partial charge is 0.411 e. The zero-order valence-corrected chi connectivity index (χ0v) is 26.4. The zero-order chi connectivity index (χ0) is 28.8. The van der Waals surface area contributed by atoms with E-state index in [9.17, 15) is 14.7 Å². The molecule has 2 amide bonds. The molecule has 0 unspecified atom stereocenters. The van der Waals surface area contributed by atoms with E-state index in [4.69, 9.17) is 4.74 Å². The number of quaternary nitrogens is 1. The second-order valence-corrected chi connectivity index (χ2v) is 11.4. The molecule has 1 heterocycles. The molecule has 0 aliphatic carbocycles. The molecule has 2 N–H and O–H groups in total. The Morgan fingerprint density at radius 3 is 2.29 bits per heavy atom. The molecule has 1 saturated heterocycles. The van der Waals surface area contributed by atoms with Gasteiger partial charge in [0, 0.05) is 30.5 Å². The van der Waals surface area contributed by atoms with Crippen molar-refractivity contribution in [3.8, 4) is 11.1 Å². The summed E-state index contributed by atoms with van der Waals surface area (Å²) in [4.78, 5) is 25.6. The number of carbonyl (C=O) groups excluding carboxylic acids is 2. The van der Waals surface area contributed by atoms with E-state index in [0.29, 0.717) is 18.5 Å². The van der Waals surface area contributed by atoms with Crippen LogP contribution in [0.3, 0.4) is 0 Å². The highest BCUT2D eigenvalue weighted by atomic mass is 127. The predicted octanol–water partition coefficient (Wildman–Crippen LogP) is 6.34. The van der Waals surface area contributed by atoms with Crippen molar-refractivity contribution in [2.24, 2.45) is 0 Å². The average Bonchev–Trinajstić information content (AvgIpc) is 2.98. The number of piperidine rings is 1. The molecular weight excluding hydrogens is 641 g/mol. The summed E-state index contributed by atoms with van der Waals surface area (Å²) in [5.74, 6) is -0.0816. The molecule has 4 aromatic rings. The molecule has 0 atom stereocenters. The van der Waals surface area contributed by atoms with Gasteiger partial charge in [-0.3, -0.25) is 10.1 Å². The summed E-state index contributed by atoms with van der Waals surface area (Å²) in [5.41, 5.74) is 5.00. The Kier molecular flexibility index (Phi) is 10.6. The third-order valence-corrected chi connectivity index (χ3v) is 7.79. The summed E-state index contributed by atoms with van der Waals surface area (Å²) in [6.45, 7) is 1.72. The van der Waals surface area contributed by atoms with E-state index in [2.05, 4.69) is 24.7 Å². The number of aryl methyl sites for hydroxylation is 1. The number of nitrogens with zero attached hydrogens (tertiary/aromatic N) is 1. The second kappa shape index (κ2) is 14.1. The molecule has 0 saturated carbocycles. The van der Waals surface area contributed by atoms with Crippen molar-refractivity contribution in [1.29, 1.82) is 0 Å². The number of anilines is 2. The summed E-state index contributed by atoms with van der Waals surface area (Å²) >= 11 is 0. The highest BCUT2D eigenvalue weighted by molar-refractivity contribution is 14.0. The van der Waals surface area contributed by atoms with E-state index in [1.165, 1.54) is 0 Å². The van der Waals surface area contributed by atoms with Gasteiger partial charge in [-0.05, 0) is 52.6 Å². The number of fused-ring (bicyclic) bond motifs is 1. The lowest BCUT2D eigenvalue weighted by molar-refractivity contribution is -0.896. The number of hydrogen-bond acceptors (Lipinski definition) is 4. The number of amides is 2. The van der Waals surface area contributed by atoms with E-state index in [1.54, 1.807) is 0 Å². The van der Waals surface area contributed by atoms with E-state index >= 15 is 0 Å². The topological polar surface area (TPSA) is 90.5 Å². The number of ether oxygens (including phenoxy) is 1. The monoisotopic (exact) mass is 679 g/mol. The maximum Gasteiger partial charge on any atom is 0.411 e. The van der Waals surface area contributed by atoms with Crippen LogP contribution in [0.1, 0.15) is 30.4 Å². The Balaban J connectivity index is 0.00000405. The van der Waals surface area contributed by atoms with Crippen molar-refractivity contribution in [3.05, 3.63) is 96.1 Å². The van der Waals surface area contributed by atoms with Crippen LogP contribution in [0.15, 0.2) is 84.9 Å². The Morgan fingerprint density at radius 2 is 1.55 bits per heavy atom. The summed E-state index contributed by atoms with van der Waals surface area (Å²) in [5, 5.41) is 19.0. The summed E-state index contributed by atoms with van der Waals surface area (Å²) in [6.07, 6.45) is 2.06. The van der Waals surface area contributed by atoms with Crippen molar-refractivity contribution in [2.45, 2.75) is 38.4 Å². The SMILES string of the molecule is C[N+]1(C)CCC(OC(=O)Nc2ccc(CCC(=O)Nc3ccc4cc(C[O-])ccc4c3)cc2-c2ccccc2)CC1.I. The van der Waals surface area contributed by atoms with E-state index in [0.717, 1.165) is 69.1 Å². The molecule has 42 heavy (non-hydrogen) atoms. The highest BCUT2D eigenvalue weighted by Crippen LogP contribution is 2.30. The van der Waals surface area contributed by atoms with Gasteiger partial charge >= 0.3 is 6.09 Å². The first-order valence-electron chi connectivity index (χ1n) is 14.2. The fourth-order valence-corrected chi connectivity index (χ4v) is 5.31. The fourth-order valence-electron chi connectivity index (χ4n) is 5.31. The van der Waals surface area contributed by atoms with Crippen LogP contribution in [0.4, 0.5) is 16.2 Å². The third kappa shape index (κ3) is 8.30. The predicted molar refractivity (Wildman–Crippen MR) is 177 cm³/mol. The van der Waals surface area contributed by atoms with Crippen LogP contribution in [-0.2, 0) is 22.6 Å². The molecule has 1 fully saturated rings. The zero-order valence-electron chi connectivity index (χ0n) is 24.1. The van der Waals surface area contributed by atoms with Crippen molar-refractivity contribution in [1.82, 2.24) is 0 Å². The number of benzene rings is 4. The molecule has 1 aliphatic rings. The van der Waals surface area contributed by atoms with Gasteiger partial charge in [0.25, 0.3) is 0 Å². The van der Waals surface area contributed by atoms with Gasteiger partial charge < -0.3 is 19.6 Å². The first-order valence-corrected chi connectivity index (χ1v) is 14.2. The molecule has 0 aromatic heterocycles. The van der Waals surface area contributed by atoms with Crippen LogP contribution in [0.2, 0.25) is 0 Å². The van der Waals surface area contributed by atoms with Gasteiger partial charge in [-0.25, -0.2) is 4.79 Å². The molecule has 7 nitrogen and oxygen atoms in total. The second-order valence-electron chi connectivity index (χ2n) is 11.4. The van der Waals surface area contributed by atoms with Crippen LogP contribution in [0.25, 0.3) is 21.9 Å². The third-order valence-electron chi connectivity index (χ3n) is 7.79. The number of hydrogen-bond donors (Lipinski definition) is 2. The van der Waals surface area contributed by atoms with Gasteiger partial charge in [0.05, 0.1) is 32.9 Å². The summed E-state index contributed by atoms with van der Waals surface area (Å²) < 4.78 is 6.71. The lowest BCUT2D eigenvalue weighted by atomic mass is 9.98. The van der Waals surface area contributed by atoms with Crippen LogP contribution < -0.4 is 15.7 Å². The van der Waals surface area contributed by atoms with Crippen LogP contribution in [-0.4, -0.2) is 49.8 Å². The van der Waals surface area contributed by atoms with E-state index < -0.39 is 6.09 Å². The Hall–Kier alpha value is -3.47. The van der Waals surface area contributed by atoms with Gasteiger partial charge in [-0.15, -0.1) is 30.6 Å². The first-order chi connectivity index (χ1) is 19.8. The standard InChI is InChI=1S/C34H37N3O4.HI/c1-37(2)18-16-30(17-19-37)41-34(40)36-32-14-9-24(21-31(32)26-6-4-3-5-7-26)10-15-33(39)35-29-13-12-27-20-25(23-38)8-11-28(27)22-29;/h3-9,11-14,20-22,30H,10,15-19,23H2,1-2H3,(H,35,39)(H,36,40);1H. The van der Waals surface area contributed by atoms with E-state index in [1.807, 2.05) is 84.9 Å². The van der Waals surface area contributed by atoms with Crippen molar-refractivity contribution in [2.75, 3.05) is 37.8 Å². The van der Waals surface area contributed by atoms with Gasteiger partial charge in [0.15, 0.2) is 0 Å². The number of halogens is 1. The summed E-state index contributed by atoms with van der Waals surface area (Å²) in [6, 6.07) is 27.0. The van der Waals surface area contributed by atoms with Crippen molar-refractivity contribution in [3.63, 3.8) is 0 Å². The molecule has 220 valence electrons. The van der Waals surface area contributed by atoms with Gasteiger partial charge in [-0.1, -0.05) is 66.2 Å². The largest absolute Gasteiger partial charge is 0.851 e. The number of rotatable bonds is 8. The first kappa shape index (κ1) is 31.5. The number of likely N-dealkylation sites (tertiary alicyclic amines) is 1. The van der Waals surface area contributed by atoms with Crippen LogP contribution in [0.5, 0.6) is 0 Å². The van der Waals surface area contributed by atoms with Crippen molar-refractivity contribution < 1.29 is 23.9 Å². The normalized spacial score (nSPS) is 14.5. The molecule has 0 spiro atoms. The average molecular weight is 680 g/mol. The molecule has 0 bridgehead atoms. The quantitative estimate of drug-likeness (QED) is 0.168. The van der Waals surface area contributed by atoms with Gasteiger partial charge in [0.2, 0.25) is 5.91 Å². The molecule has 0 radical (unpaired) electrons. The van der Waals surface area contributed by atoms with E-state index in [-0.39, 0.29) is 42.6 Å². The minimum atomic E-state index is -0.439. The van der Waals surface area contributed by atoms with Crippen LogP contribution in [0, 0.1) is 0 Å². The Bertz CT molecular complexity index is 1530. The molecule has 5 rings (SSSR count). The minimum absolute atomic E-state index is 0. The Labute approximate surface area is 264 Å². The van der Waals surface area contributed by atoms with Gasteiger partial charge in [0.1, 0.15) is 6.10 Å². The molecular formula is C34H38IN3O4. The van der Waals surface area contributed by atoms with Crippen LogP contribution >= 0.6 is 24.0 Å². The lowest BCUT2D eigenvalue weighted by Gasteiger charge is -2.36. The van der Waals surface area contributed by atoms with Crippen molar-refractivity contribution >= 4 is 58.1 Å². The highest BCUT2D eigenvalue weighted by Gasteiger charge is 2.28. The minimum Gasteiger partial charge on any atom is -0.851 e. The number of nitrogens with one attached hydrogen (secondary N) is 2. The fraction of sp³-hybridized carbons (Fsp3) is 0.294.